The van der Waals surface area contributed by atoms with Crippen LogP contribution in [0.3, 0.4) is 0 Å². The lowest BCUT2D eigenvalue weighted by Crippen LogP contribution is -2.50. The zero-order valence-corrected chi connectivity index (χ0v) is 12.5. The highest BCUT2D eigenvalue weighted by Crippen LogP contribution is 2.35. The summed E-state index contributed by atoms with van der Waals surface area (Å²) < 4.78 is 17.7. The zero-order chi connectivity index (χ0) is 17.1. The molecule has 0 aliphatic heterocycles. The summed E-state index contributed by atoms with van der Waals surface area (Å²) in [6, 6.07) is -1.82. The SMILES string of the molecule is CC(C)(C)OC(=O)NCC(=O)NC(C(=O)O)C(=O)C1CC1F. The maximum absolute atomic E-state index is 12.8. The summed E-state index contributed by atoms with van der Waals surface area (Å²) in [5, 5.41) is 13.0. The van der Waals surface area contributed by atoms with Gasteiger partial charge in [0.05, 0.1) is 5.92 Å². The minimum atomic E-state index is -1.82. The molecular weight excluding hydrogens is 299 g/mol. The van der Waals surface area contributed by atoms with Crippen molar-refractivity contribution in [1.29, 1.82) is 0 Å². The second-order valence-corrected chi connectivity index (χ2v) is 5.95. The number of nitrogens with one attached hydrogen (secondary N) is 2. The average Bonchev–Trinajstić information content (AvgIpc) is 3.07. The highest BCUT2D eigenvalue weighted by Gasteiger charge is 2.48. The molecule has 3 N–H and O–H groups in total. The van der Waals surface area contributed by atoms with Crippen molar-refractivity contribution in [3.63, 3.8) is 0 Å². The molecular formula is C13H19FN2O6. The first kappa shape index (κ1) is 17.9. The average molecular weight is 318 g/mol. The van der Waals surface area contributed by atoms with Gasteiger partial charge in [0.2, 0.25) is 5.91 Å². The van der Waals surface area contributed by atoms with Crippen LogP contribution in [0.2, 0.25) is 0 Å². The third-order valence-corrected chi connectivity index (χ3v) is 2.71. The Hall–Kier alpha value is -2.19. The van der Waals surface area contributed by atoms with Crippen molar-refractivity contribution in [1.82, 2.24) is 10.6 Å². The summed E-state index contributed by atoms with van der Waals surface area (Å²) in [7, 11) is 0. The van der Waals surface area contributed by atoms with E-state index in [0.717, 1.165) is 0 Å². The van der Waals surface area contributed by atoms with Crippen LogP contribution in [0, 0.1) is 5.92 Å². The van der Waals surface area contributed by atoms with Gasteiger partial charge in [-0.1, -0.05) is 0 Å². The van der Waals surface area contributed by atoms with Crippen molar-refractivity contribution in [2.45, 2.75) is 45.0 Å². The minimum Gasteiger partial charge on any atom is -0.479 e. The van der Waals surface area contributed by atoms with Crippen molar-refractivity contribution in [2.75, 3.05) is 6.54 Å². The Kier molecular flexibility index (Phi) is 5.45. The summed E-state index contributed by atoms with van der Waals surface area (Å²) in [5.41, 5.74) is -0.748. The standard InChI is InChI=1S/C13H19FN2O6/c1-13(2,3)22-12(21)15-5-8(17)16-9(11(19)20)10(18)6-4-7(6)14/h6-7,9H,4-5H2,1-3H3,(H,15,21)(H,16,17)(H,19,20). The van der Waals surface area contributed by atoms with Crippen LogP contribution in [0.5, 0.6) is 0 Å². The molecule has 1 aliphatic rings. The van der Waals surface area contributed by atoms with Gasteiger partial charge in [-0.15, -0.1) is 0 Å². The van der Waals surface area contributed by atoms with Crippen LogP contribution >= 0.6 is 0 Å². The van der Waals surface area contributed by atoms with Gasteiger partial charge >= 0.3 is 12.1 Å². The molecule has 0 spiro atoms. The number of Topliss-reactive ketones (excluding diaryl/α,β-unsaturated/α-hetero) is 1. The lowest BCUT2D eigenvalue weighted by atomic mass is 10.1. The van der Waals surface area contributed by atoms with Crippen LogP contribution in [0.25, 0.3) is 0 Å². The second kappa shape index (κ2) is 6.71. The Morgan fingerprint density at radius 1 is 1.32 bits per heavy atom. The summed E-state index contributed by atoms with van der Waals surface area (Å²) in [5.74, 6) is -4.33. The van der Waals surface area contributed by atoms with Crippen LogP contribution in [0.4, 0.5) is 9.18 Å². The first-order valence-corrected chi connectivity index (χ1v) is 6.68. The van der Waals surface area contributed by atoms with Crippen molar-refractivity contribution in [3.8, 4) is 0 Å². The molecule has 9 heteroatoms. The molecule has 124 valence electrons. The third kappa shape index (κ3) is 5.66. The summed E-state index contributed by atoms with van der Waals surface area (Å²) in [6.07, 6.45) is -2.24. The van der Waals surface area contributed by atoms with E-state index in [1.165, 1.54) is 0 Å². The van der Waals surface area contributed by atoms with Crippen molar-refractivity contribution < 1.29 is 33.4 Å². The van der Waals surface area contributed by atoms with Crippen LogP contribution < -0.4 is 10.6 Å². The van der Waals surface area contributed by atoms with E-state index in [4.69, 9.17) is 9.84 Å². The van der Waals surface area contributed by atoms with Crippen molar-refractivity contribution in [2.24, 2.45) is 5.92 Å². The number of carbonyl (C=O) groups excluding carboxylic acids is 3. The van der Waals surface area contributed by atoms with E-state index >= 15 is 0 Å². The summed E-state index contributed by atoms with van der Waals surface area (Å²) in [6.45, 7) is 4.34. The Morgan fingerprint density at radius 2 is 1.86 bits per heavy atom. The first-order chi connectivity index (χ1) is 10.0. The Bertz CT molecular complexity index is 487. The number of carbonyl (C=O) groups is 4. The number of ether oxygens (including phenoxy) is 1. The van der Waals surface area contributed by atoms with E-state index in [0.29, 0.717) is 0 Å². The van der Waals surface area contributed by atoms with Gasteiger partial charge in [0, 0.05) is 0 Å². The molecule has 1 rings (SSSR count). The van der Waals surface area contributed by atoms with Gasteiger partial charge in [-0.2, -0.15) is 0 Å². The van der Waals surface area contributed by atoms with Crippen molar-refractivity contribution >= 4 is 23.8 Å². The van der Waals surface area contributed by atoms with Gasteiger partial charge in [0.25, 0.3) is 0 Å². The number of rotatable bonds is 6. The molecule has 1 aliphatic carbocycles. The van der Waals surface area contributed by atoms with E-state index in [1.54, 1.807) is 20.8 Å². The Labute approximate surface area is 126 Å². The largest absolute Gasteiger partial charge is 0.479 e. The number of ketones is 1. The fourth-order valence-electron chi connectivity index (χ4n) is 1.61. The number of hydrogen-bond acceptors (Lipinski definition) is 5. The number of alkyl halides is 1. The molecule has 0 saturated heterocycles. The predicted molar refractivity (Wildman–Crippen MR) is 71.8 cm³/mol. The van der Waals surface area contributed by atoms with Crippen LogP contribution in [0.15, 0.2) is 0 Å². The Balaban J connectivity index is 2.46. The van der Waals surface area contributed by atoms with Gasteiger partial charge in [-0.3, -0.25) is 9.59 Å². The zero-order valence-electron chi connectivity index (χ0n) is 12.5. The molecule has 0 aromatic rings. The van der Waals surface area contributed by atoms with E-state index in [1.807, 2.05) is 5.32 Å². The summed E-state index contributed by atoms with van der Waals surface area (Å²) in [4.78, 5) is 45.5. The number of halogens is 1. The monoisotopic (exact) mass is 318 g/mol. The number of carboxylic acids is 1. The number of carboxylic acid groups (broad SMARTS) is 1. The molecule has 0 aromatic heterocycles. The number of hydrogen-bond donors (Lipinski definition) is 3. The molecule has 2 amide bonds. The Morgan fingerprint density at radius 3 is 2.27 bits per heavy atom. The number of aliphatic carboxylic acids is 1. The molecule has 8 nitrogen and oxygen atoms in total. The van der Waals surface area contributed by atoms with Gasteiger partial charge in [-0.05, 0) is 27.2 Å². The highest BCUT2D eigenvalue weighted by atomic mass is 19.1. The predicted octanol–water partition coefficient (Wildman–Crippen LogP) is 0.00760. The van der Waals surface area contributed by atoms with E-state index in [-0.39, 0.29) is 6.42 Å². The highest BCUT2D eigenvalue weighted by molar-refractivity contribution is 6.07. The first-order valence-electron chi connectivity index (χ1n) is 6.68. The molecule has 3 atom stereocenters. The normalized spacial score (nSPS) is 21.5. The van der Waals surface area contributed by atoms with Crippen LogP contribution in [0.1, 0.15) is 27.2 Å². The minimum absolute atomic E-state index is 0.0331. The van der Waals surface area contributed by atoms with E-state index in [9.17, 15) is 23.6 Å². The molecule has 22 heavy (non-hydrogen) atoms. The molecule has 1 saturated carbocycles. The molecule has 0 radical (unpaired) electrons. The van der Waals surface area contributed by atoms with Gasteiger partial charge in [0.15, 0.2) is 11.8 Å². The van der Waals surface area contributed by atoms with E-state index < -0.39 is 54.0 Å². The molecule has 0 aromatic carbocycles. The quantitative estimate of drug-likeness (QED) is 0.593. The van der Waals surface area contributed by atoms with Crippen molar-refractivity contribution in [3.05, 3.63) is 0 Å². The van der Waals surface area contributed by atoms with Gasteiger partial charge < -0.3 is 20.5 Å². The van der Waals surface area contributed by atoms with E-state index in [2.05, 4.69) is 5.32 Å². The summed E-state index contributed by atoms with van der Waals surface area (Å²) >= 11 is 0. The van der Waals surface area contributed by atoms with Crippen LogP contribution in [-0.2, 0) is 19.1 Å². The van der Waals surface area contributed by atoms with Gasteiger partial charge in [-0.25, -0.2) is 14.0 Å². The molecule has 3 unspecified atom stereocenters. The maximum atomic E-state index is 12.8. The van der Waals surface area contributed by atoms with Gasteiger partial charge in [0.1, 0.15) is 18.3 Å². The lowest BCUT2D eigenvalue weighted by molar-refractivity contribution is -0.146. The lowest BCUT2D eigenvalue weighted by Gasteiger charge is -2.19. The topological polar surface area (TPSA) is 122 Å². The number of amides is 2. The maximum Gasteiger partial charge on any atom is 0.408 e. The number of alkyl carbamates (subject to hydrolysis) is 1. The second-order valence-electron chi connectivity index (χ2n) is 5.95. The molecule has 0 heterocycles. The fourth-order valence-corrected chi connectivity index (χ4v) is 1.61. The molecule has 0 bridgehead atoms. The third-order valence-electron chi connectivity index (χ3n) is 2.71. The molecule has 1 fully saturated rings. The van der Waals surface area contributed by atoms with Crippen LogP contribution in [-0.4, -0.2) is 53.2 Å². The fraction of sp³-hybridized carbons (Fsp3) is 0.692. The smallest absolute Gasteiger partial charge is 0.408 e.